The standard InChI is InChI=1S/C7H3ClN4/c8-7-6-5(3-9)11-4-12(6)2-1-10-7/h1-2,4H. The number of nitriles is 1. The van der Waals surface area contributed by atoms with E-state index < -0.39 is 0 Å². The maximum atomic E-state index is 8.64. The van der Waals surface area contributed by atoms with Crippen LogP contribution >= 0.6 is 11.6 Å². The highest BCUT2D eigenvalue weighted by atomic mass is 35.5. The minimum Gasteiger partial charge on any atom is -0.301 e. The van der Waals surface area contributed by atoms with Crippen molar-refractivity contribution in [3.05, 3.63) is 29.6 Å². The molecular weight excluding hydrogens is 176 g/mol. The number of fused-ring (bicyclic) bond motifs is 1. The van der Waals surface area contributed by atoms with Crippen LogP contribution in [0.1, 0.15) is 5.69 Å². The zero-order valence-electron chi connectivity index (χ0n) is 5.90. The maximum Gasteiger partial charge on any atom is 0.169 e. The summed E-state index contributed by atoms with van der Waals surface area (Å²) in [5.74, 6) is 0. The molecule has 0 bridgehead atoms. The number of hydrogen-bond acceptors (Lipinski definition) is 3. The highest BCUT2D eigenvalue weighted by Crippen LogP contribution is 2.16. The average molecular weight is 179 g/mol. The van der Waals surface area contributed by atoms with Gasteiger partial charge in [0.05, 0.1) is 0 Å². The SMILES string of the molecule is N#Cc1ncn2ccnc(Cl)c12. The van der Waals surface area contributed by atoms with Gasteiger partial charge in [0, 0.05) is 12.4 Å². The Morgan fingerprint density at radius 2 is 2.33 bits per heavy atom. The van der Waals surface area contributed by atoms with Crippen LogP contribution < -0.4 is 0 Å². The quantitative estimate of drug-likeness (QED) is 0.610. The van der Waals surface area contributed by atoms with Crippen molar-refractivity contribution < 1.29 is 0 Å². The van der Waals surface area contributed by atoms with Crippen LogP contribution in [0.15, 0.2) is 18.7 Å². The molecule has 0 saturated heterocycles. The van der Waals surface area contributed by atoms with Crippen LogP contribution in [-0.2, 0) is 0 Å². The average Bonchev–Trinajstić information content (AvgIpc) is 2.49. The molecule has 5 heteroatoms. The van der Waals surface area contributed by atoms with Gasteiger partial charge in [0.25, 0.3) is 0 Å². The number of halogens is 1. The van der Waals surface area contributed by atoms with Gasteiger partial charge in [-0.15, -0.1) is 0 Å². The molecule has 0 atom stereocenters. The Labute approximate surface area is 73.0 Å². The summed E-state index contributed by atoms with van der Waals surface area (Å²) in [6.45, 7) is 0. The van der Waals surface area contributed by atoms with Gasteiger partial charge in [-0.05, 0) is 0 Å². The molecule has 58 valence electrons. The molecule has 2 rings (SSSR count). The molecular formula is C7H3ClN4. The molecule has 2 heterocycles. The van der Waals surface area contributed by atoms with Crippen LogP contribution in [0.5, 0.6) is 0 Å². The molecule has 0 saturated carbocycles. The first-order valence-electron chi connectivity index (χ1n) is 3.20. The summed E-state index contributed by atoms with van der Waals surface area (Å²) in [7, 11) is 0. The summed E-state index contributed by atoms with van der Waals surface area (Å²) in [4.78, 5) is 7.69. The van der Waals surface area contributed by atoms with Gasteiger partial charge >= 0.3 is 0 Å². The first-order valence-corrected chi connectivity index (χ1v) is 3.58. The van der Waals surface area contributed by atoms with Gasteiger partial charge < -0.3 is 4.40 Å². The second-order valence-electron chi connectivity index (χ2n) is 2.18. The fourth-order valence-electron chi connectivity index (χ4n) is 0.992. The van der Waals surface area contributed by atoms with Crippen LogP contribution in [0.25, 0.3) is 5.52 Å². The van der Waals surface area contributed by atoms with Gasteiger partial charge in [-0.25, -0.2) is 9.97 Å². The third-order valence-electron chi connectivity index (χ3n) is 1.51. The molecule has 12 heavy (non-hydrogen) atoms. The van der Waals surface area contributed by atoms with Crippen molar-refractivity contribution in [2.75, 3.05) is 0 Å². The fourth-order valence-corrected chi connectivity index (χ4v) is 1.24. The van der Waals surface area contributed by atoms with E-state index in [0.29, 0.717) is 16.4 Å². The molecule has 0 amide bonds. The zero-order chi connectivity index (χ0) is 8.55. The van der Waals surface area contributed by atoms with E-state index in [9.17, 15) is 0 Å². The Morgan fingerprint density at radius 3 is 3.08 bits per heavy atom. The van der Waals surface area contributed by atoms with E-state index in [1.807, 2.05) is 6.07 Å². The molecule has 0 fully saturated rings. The highest BCUT2D eigenvalue weighted by Gasteiger charge is 2.06. The fraction of sp³-hybridized carbons (Fsp3) is 0. The molecule has 0 N–H and O–H groups in total. The summed E-state index contributed by atoms with van der Waals surface area (Å²) < 4.78 is 1.66. The maximum absolute atomic E-state index is 8.64. The molecule has 2 aromatic heterocycles. The van der Waals surface area contributed by atoms with E-state index in [0.717, 1.165) is 0 Å². The van der Waals surface area contributed by atoms with Crippen LogP contribution in [0, 0.1) is 11.3 Å². The summed E-state index contributed by atoms with van der Waals surface area (Å²) in [5.41, 5.74) is 0.856. The van der Waals surface area contributed by atoms with E-state index in [4.69, 9.17) is 16.9 Å². The summed E-state index contributed by atoms with van der Waals surface area (Å²) in [6.07, 6.45) is 4.77. The monoisotopic (exact) mass is 178 g/mol. The van der Waals surface area contributed by atoms with Gasteiger partial charge in [0.2, 0.25) is 0 Å². The second-order valence-corrected chi connectivity index (χ2v) is 2.54. The van der Waals surface area contributed by atoms with Crippen molar-refractivity contribution in [3.8, 4) is 6.07 Å². The number of hydrogen-bond donors (Lipinski definition) is 0. The summed E-state index contributed by atoms with van der Waals surface area (Å²) in [5, 5.41) is 8.93. The first-order chi connectivity index (χ1) is 5.83. The van der Waals surface area contributed by atoms with Gasteiger partial charge in [0.1, 0.15) is 17.9 Å². The number of nitrogens with zero attached hydrogens (tertiary/aromatic N) is 4. The molecule has 0 spiro atoms. The summed E-state index contributed by atoms with van der Waals surface area (Å²) >= 11 is 5.76. The minimum atomic E-state index is 0.298. The normalized spacial score (nSPS) is 10.0. The van der Waals surface area contributed by atoms with Crippen molar-refractivity contribution >= 4 is 17.1 Å². The molecule has 0 aliphatic heterocycles. The van der Waals surface area contributed by atoms with Crippen molar-refractivity contribution in [2.24, 2.45) is 0 Å². The third kappa shape index (κ3) is 0.840. The molecule has 0 aliphatic rings. The molecule has 0 aliphatic carbocycles. The van der Waals surface area contributed by atoms with E-state index in [2.05, 4.69) is 9.97 Å². The molecule has 4 nitrogen and oxygen atoms in total. The van der Waals surface area contributed by atoms with Crippen LogP contribution in [0.3, 0.4) is 0 Å². The summed E-state index contributed by atoms with van der Waals surface area (Å²) in [6, 6.07) is 1.93. The lowest BCUT2D eigenvalue weighted by Crippen LogP contribution is -1.85. The van der Waals surface area contributed by atoms with E-state index in [1.165, 1.54) is 6.33 Å². The zero-order valence-corrected chi connectivity index (χ0v) is 6.65. The lowest BCUT2D eigenvalue weighted by molar-refractivity contribution is 1.11. The minimum absolute atomic E-state index is 0.298. The lowest BCUT2D eigenvalue weighted by atomic mass is 10.4. The topological polar surface area (TPSA) is 54.0 Å². The van der Waals surface area contributed by atoms with Crippen molar-refractivity contribution in [1.29, 1.82) is 5.26 Å². The molecule has 0 unspecified atom stereocenters. The van der Waals surface area contributed by atoms with Gasteiger partial charge in [-0.1, -0.05) is 11.6 Å². The first kappa shape index (κ1) is 7.07. The number of rotatable bonds is 0. The molecule has 0 radical (unpaired) electrons. The van der Waals surface area contributed by atoms with Crippen molar-refractivity contribution in [2.45, 2.75) is 0 Å². The van der Waals surface area contributed by atoms with Crippen molar-refractivity contribution in [3.63, 3.8) is 0 Å². The smallest absolute Gasteiger partial charge is 0.169 e. The molecule has 0 aromatic carbocycles. The predicted octanol–water partition coefficient (Wildman–Crippen LogP) is 1.25. The third-order valence-corrected chi connectivity index (χ3v) is 1.79. The Kier molecular flexibility index (Phi) is 1.45. The van der Waals surface area contributed by atoms with Gasteiger partial charge in [-0.3, -0.25) is 0 Å². The van der Waals surface area contributed by atoms with Gasteiger partial charge in [0.15, 0.2) is 10.8 Å². The largest absolute Gasteiger partial charge is 0.301 e. The number of imidazole rings is 1. The Morgan fingerprint density at radius 1 is 1.50 bits per heavy atom. The van der Waals surface area contributed by atoms with Gasteiger partial charge in [-0.2, -0.15) is 5.26 Å². The van der Waals surface area contributed by atoms with E-state index in [1.54, 1.807) is 16.8 Å². The van der Waals surface area contributed by atoms with Crippen LogP contribution in [0.4, 0.5) is 0 Å². The predicted molar refractivity (Wildman–Crippen MR) is 42.7 cm³/mol. The second kappa shape index (κ2) is 2.47. The Balaban J connectivity index is 2.95. The van der Waals surface area contributed by atoms with E-state index >= 15 is 0 Å². The Bertz CT molecular complexity index is 468. The number of aromatic nitrogens is 3. The van der Waals surface area contributed by atoms with Crippen LogP contribution in [0.2, 0.25) is 5.15 Å². The van der Waals surface area contributed by atoms with Crippen LogP contribution in [-0.4, -0.2) is 14.4 Å². The Hall–Kier alpha value is -1.60. The molecule has 2 aromatic rings. The van der Waals surface area contributed by atoms with E-state index in [-0.39, 0.29) is 0 Å². The highest BCUT2D eigenvalue weighted by molar-refractivity contribution is 6.32. The van der Waals surface area contributed by atoms with Crippen molar-refractivity contribution in [1.82, 2.24) is 14.4 Å². The lowest BCUT2D eigenvalue weighted by Gasteiger charge is -1.93.